The number of allylic oxidation sites excluding steroid dienone is 1. The van der Waals surface area contributed by atoms with E-state index >= 15 is 0 Å². The lowest BCUT2D eigenvalue weighted by atomic mass is 9.96. The number of Topliss-reactive ketones (excluding diaryl/α,β-unsaturated/α-hetero) is 2. The van der Waals surface area contributed by atoms with Gasteiger partial charge in [0.15, 0.2) is 11.6 Å². The van der Waals surface area contributed by atoms with Gasteiger partial charge in [0.25, 0.3) is 0 Å². The number of ketones is 2. The number of hydrogen-bond acceptors (Lipinski definition) is 4. The van der Waals surface area contributed by atoms with E-state index < -0.39 is 6.04 Å². The largest absolute Gasteiger partial charge is 0.360 e. The zero-order chi connectivity index (χ0) is 19.4. The van der Waals surface area contributed by atoms with Crippen molar-refractivity contribution in [2.24, 2.45) is 0 Å². The van der Waals surface area contributed by atoms with Crippen molar-refractivity contribution in [2.45, 2.75) is 53.5 Å². The van der Waals surface area contributed by atoms with Crippen molar-refractivity contribution >= 4 is 39.9 Å². The third-order valence-corrected chi connectivity index (χ3v) is 4.90. The first kappa shape index (κ1) is 20.1. The lowest BCUT2D eigenvalue weighted by Crippen LogP contribution is -2.31. The van der Waals surface area contributed by atoms with Gasteiger partial charge in [-0.3, -0.25) is 9.59 Å². The molecule has 5 heteroatoms. The van der Waals surface area contributed by atoms with Gasteiger partial charge in [0.1, 0.15) is 5.82 Å². The maximum absolute atomic E-state index is 12.8. The molecular formula is C21H25ClN2O2. The summed E-state index contributed by atoms with van der Waals surface area (Å²) in [5.41, 5.74) is 2.88. The van der Waals surface area contributed by atoms with Gasteiger partial charge in [0.05, 0.1) is 16.6 Å². The first-order chi connectivity index (χ1) is 12.2. The van der Waals surface area contributed by atoms with Gasteiger partial charge in [0, 0.05) is 11.0 Å². The van der Waals surface area contributed by atoms with Crippen molar-refractivity contribution in [3.63, 3.8) is 0 Å². The van der Waals surface area contributed by atoms with E-state index in [1.807, 2.05) is 32.0 Å². The predicted octanol–water partition coefficient (Wildman–Crippen LogP) is 5.27. The number of carbonyl (C=O) groups is 2. The topological polar surface area (TPSA) is 59.1 Å². The molecule has 138 valence electrons. The summed E-state index contributed by atoms with van der Waals surface area (Å²) in [5.74, 6) is 0.390. The molecule has 0 aliphatic rings. The number of pyridine rings is 1. The Balaban J connectivity index is 2.37. The number of anilines is 1. The smallest absolute Gasteiger partial charge is 0.181 e. The molecule has 2 rings (SSSR count). The number of benzene rings is 1. The molecule has 0 fully saturated rings. The van der Waals surface area contributed by atoms with Crippen molar-refractivity contribution in [1.82, 2.24) is 4.98 Å². The van der Waals surface area contributed by atoms with Gasteiger partial charge in [0.2, 0.25) is 0 Å². The summed E-state index contributed by atoms with van der Waals surface area (Å²) >= 11 is 6.41. The highest BCUT2D eigenvalue weighted by Crippen LogP contribution is 2.27. The highest BCUT2D eigenvalue weighted by atomic mass is 35.5. The first-order valence-corrected chi connectivity index (χ1v) is 9.18. The zero-order valence-electron chi connectivity index (χ0n) is 15.9. The molecule has 0 bridgehead atoms. The van der Waals surface area contributed by atoms with E-state index in [2.05, 4.69) is 10.3 Å². The Kier molecular flexibility index (Phi) is 6.54. The Morgan fingerprint density at radius 1 is 1.15 bits per heavy atom. The molecule has 1 heterocycles. The Labute approximate surface area is 159 Å². The molecule has 0 aliphatic carbocycles. The average molecular weight is 373 g/mol. The van der Waals surface area contributed by atoms with Crippen LogP contribution >= 0.6 is 11.6 Å². The molecular weight excluding hydrogens is 348 g/mol. The van der Waals surface area contributed by atoms with E-state index in [0.717, 1.165) is 22.9 Å². The molecule has 1 aromatic heterocycles. The van der Waals surface area contributed by atoms with E-state index in [9.17, 15) is 9.59 Å². The summed E-state index contributed by atoms with van der Waals surface area (Å²) in [6, 6.07) is 7.19. The summed E-state index contributed by atoms with van der Waals surface area (Å²) < 4.78 is 0. The number of aromatic nitrogens is 1. The molecule has 1 aromatic carbocycles. The maximum Gasteiger partial charge on any atom is 0.181 e. The molecule has 1 N–H and O–H groups in total. The summed E-state index contributed by atoms with van der Waals surface area (Å²) in [6.07, 6.45) is 1.48. The second-order valence-corrected chi connectivity index (χ2v) is 7.07. The fourth-order valence-electron chi connectivity index (χ4n) is 2.82. The van der Waals surface area contributed by atoms with Crippen LogP contribution < -0.4 is 5.32 Å². The van der Waals surface area contributed by atoms with Crippen LogP contribution in [0.2, 0.25) is 5.02 Å². The van der Waals surface area contributed by atoms with Crippen LogP contribution in [-0.4, -0.2) is 22.6 Å². The van der Waals surface area contributed by atoms with Crippen molar-refractivity contribution < 1.29 is 9.59 Å². The number of hydrogen-bond donors (Lipinski definition) is 1. The molecule has 0 amide bonds. The van der Waals surface area contributed by atoms with Crippen LogP contribution in [0.5, 0.6) is 0 Å². The average Bonchev–Trinajstić information content (AvgIpc) is 2.60. The van der Waals surface area contributed by atoms with Crippen LogP contribution in [0.25, 0.3) is 10.9 Å². The zero-order valence-corrected chi connectivity index (χ0v) is 16.7. The minimum Gasteiger partial charge on any atom is -0.360 e. The lowest BCUT2D eigenvalue weighted by molar-refractivity contribution is -0.117. The minimum atomic E-state index is -0.444. The van der Waals surface area contributed by atoms with Crippen LogP contribution in [0.4, 0.5) is 5.82 Å². The number of carbonyl (C=O) groups excluding carboxylic acids is 2. The fourth-order valence-corrected chi connectivity index (χ4v) is 3.07. The number of nitrogens with one attached hydrogen (secondary N) is 1. The van der Waals surface area contributed by atoms with E-state index in [0.29, 0.717) is 28.4 Å². The second kappa shape index (κ2) is 8.45. The molecule has 0 aliphatic heterocycles. The van der Waals surface area contributed by atoms with Crippen LogP contribution in [0.15, 0.2) is 35.4 Å². The molecule has 0 saturated heterocycles. The van der Waals surface area contributed by atoms with Crippen LogP contribution in [0.1, 0.15) is 46.1 Å². The molecule has 1 unspecified atom stereocenters. The fraction of sp³-hybridized carbons (Fsp3) is 0.381. The van der Waals surface area contributed by atoms with E-state index in [1.165, 1.54) is 6.92 Å². The van der Waals surface area contributed by atoms with Crippen molar-refractivity contribution in [1.29, 1.82) is 0 Å². The molecule has 0 spiro atoms. The third kappa shape index (κ3) is 4.50. The van der Waals surface area contributed by atoms with Gasteiger partial charge >= 0.3 is 0 Å². The van der Waals surface area contributed by atoms with Crippen molar-refractivity contribution in [3.8, 4) is 0 Å². The predicted molar refractivity (Wildman–Crippen MR) is 108 cm³/mol. The Hall–Kier alpha value is -2.20. The van der Waals surface area contributed by atoms with E-state index in [1.54, 1.807) is 19.9 Å². The number of fused-ring (bicyclic) bond motifs is 1. The lowest BCUT2D eigenvalue weighted by Gasteiger charge is -2.19. The molecule has 0 radical (unpaired) electrons. The monoisotopic (exact) mass is 372 g/mol. The highest BCUT2D eigenvalue weighted by molar-refractivity contribution is 6.35. The van der Waals surface area contributed by atoms with Gasteiger partial charge in [-0.05, 0) is 57.9 Å². The van der Waals surface area contributed by atoms with Crippen LogP contribution in [0.3, 0.4) is 0 Å². The van der Waals surface area contributed by atoms with Crippen molar-refractivity contribution in [2.75, 3.05) is 5.32 Å². The summed E-state index contributed by atoms with van der Waals surface area (Å²) in [5, 5.41) is 4.69. The molecule has 2 aromatic rings. The molecule has 4 nitrogen and oxygen atoms in total. The number of halogens is 1. The Bertz CT molecular complexity index is 887. The van der Waals surface area contributed by atoms with Gasteiger partial charge in [-0.25, -0.2) is 4.98 Å². The highest BCUT2D eigenvalue weighted by Gasteiger charge is 2.22. The van der Waals surface area contributed by atoms with Crippen LogP contribution in [0, 0.1) is 6.92 Å². The van der Waals surface area contributed by atoms with Crippen LogP contribution in [-0.2, 0) is 9.59 Å². The normalized spacial score (nSPS) is 13.3. The van der Waals surface area contributed by atoms with Gasteiger partial charge < -0.3 is 5.32 Å². The Morgan fingerprint density at radius 2 is 1.85 bits per heavy atom. The van der Waals surface area contributed by atoms with Gasteiger partial charge in [-0.15, -0.1) is 0 Å². The third-order valence-electron chi connectivity index (χ3n) is 4.59. The molecule has 26 heavy (non-hydrogen) atoms. The van der Waals surface area contributed by atoms with E-state index in [4.69, 9.17) is 11.6 Å². The van der Waals surface area contributed by atoms with Gasteiger partial charge in [-0.2, -0.15) is 0 Å². The SMILES string of the molecule is CCCC(Nc1cc(Cl)c2cc(C)ccc2n1)C(=O)/C(C)=C(/C)C(C)=O. The van der Waals surface area contributed by atoms with Crippen molar-refractivity contribution in [3.05, 3.63) is 46.0 Å². The number of nitrogens with zero attached hydrogens (tertiary/aromatic N) is 1. The maximum atomic E-state index is 12.8. The Morgan fingerprint density at radius 3 is 2.46 bits per heavy atom. The molecule has 0 saturated carbocycles. The minimum absolute atomic E-state index is 0.0820. The molecule has 1 atom stereocenters. The number of rotatable bonds is 7. The standard InChI is InChI=1S/C21H25ClN2O2/c1-6-7-19(21(26)14(4)13(3)15(5)25)24-20-11-17(22)16-10-12(2)8-9-18(16)23-20/h8-11,19H,6-7H2,1-5H3,(H,23,24)/b14-13-. The quantitative estimate of drug-likeness (QED) is 0.672. The van der Waals surface area contributed by atoms with E-state index in [-0.39, 0.29) is 11.6 Å². The first-order valence-electron chi connectivity index (χ1n) is 8.80. The summed E-state index contributed by atoms with van der Waals surface area (Å²) in [7, 11) is 0. The number of aryl methyl sites for hydroxylation is 1. The summed E-state index contributed by atoms with van der Waals surface area (Å²) in [6.45, 7) is 8.88. The van der Waals surface area contributed by atoms with Gasteiger partial charge in [-0.1, -0.05) is 36.6 Å². The summed E-state index contributed by atoms with van der Waals surface area (Å²) in [4.78, 5) is 29.0. The second-order valence-electron chi connectivity index (χ2n) is 6.67.